The molecule has 0 unspecified atom stereocenters. The Morgan fingerprint density at radius 3 is 2.58 bits per heavy atom. The SMILES string of the molecule is COc1cc(-c2nccc(-c3cccc(Nc4nc(C=O)ccc4F)c3Cl)c2Cl)ccc1CN(C[C@@H]1CCC(=O)N1)C(=O)OC(C)(C)C. The number of ether oxygens (including phenoxy) is 2. The number of carbonyl (C=O) groups is 3. The quantitative estimate of drug-likeness (QED) is 0.161. The molecule has 3 heterocycles. The van der Waals surface area contributed by atoms with Crippen molar-refractivity contribution in [1.82, 2.24) is 20.2 Å². The van der Waals surface area contributed by atoms with Crippen LogP contribution in [-0.4, -0.2) is 58.5 Å². The second kappa shape index (κ2) is 14.6. The number of nitrogens with one attached hydrogen (secondary N) is 2. The normalized spacial score (nSPS) is 14.3. The maximum atomic E-state index is 14.5. The van der Waals surface area contributed by atoms with E-state index in [1.807, 2.05) is 12.1 Å². The monoisotopic (exact) mass is 693 g/mol. The summed E-state index contributed by atoms with van der Waals surface area (Å²) in [4.78, 5) is 46.3. The summed E-state index contributed by atoms with van der Waals surface area (Å²) >= 11 is 13.8. The summed E-state index contributed by atoms with van der Waals surface area (Å²) in [6.45, 7) is 5.84. The predicted molar refractivity (Wildman–Crippen MR) is 182 cm³/mol. The van der Waals surface area contributed by atoms with Crippen molar-refractivity contribution in [3.05, 3.63) is 87.9 Å². The molecule has 1 saturated heterocycles. The van der Waals surface area contributed by atoms with E-state index in [9.17, 15) is 18.8 Å². The van der Waals surface area contributed by atoms with Gasteiger partial charge in [-0.25, -0.2) is 14.2 Å². The van der Waals surface area contributed by atoms with E-state index >= 15 is 0 Å². The highest BCUT2D eigenvalue weighted by atomic mass is 35.5. The van der Waals surface area contributed by atoms with Gasteiger partial charge in [-0.3, -0.25) is 14.6 Å². The Balaban J connectivity index is 1.44. The number of hydrogen-bond acceptors (Lipinski definition) is 8. The highest BCUT2D eigenvalue weighted by Gasteiger charge is 2.29. The third-order valence-corrected chi connectivity index (χ3v) is 8.31. The Labute approximate surface area is 287 Å². The number of methoxy groups -OCH3 is 1. The molecule has 1 fully saturated rings. The zero-order valence-electron chi connectivity index (χ0n) is 26.8. The number of rotatable bonds is 10. The fourth-order valence-corrected chi connectivity index (χ4v) is 5.86. The number of aldehydes is 1. The third kappa shape index (κ3) is 8.03. The Morgan fingerprint density at radius 1 is 1.12 bits per heavy atom. The van der Waals surface area contributed by atoms with Crippen molar-refractivity contribution >= 4 is 53.0 Å². The van der Waals surface area contributed by atoms with Crippen molar-refractivity contribution in [3.63, 3.8) is 0 Å². The Morgan fingerprint density at radius 2 is 1.90 bits per heavy atom. The van der Waals surface area contributed by atoms with Gasteiger partial charge in [0.05, 0.1) is 35.1 Å². The largest absolute Gasteiger partial charge is 0.496 e. The maximum absolute atomic E-state index is 14.5. The smallest absolute Gasteiger partial charge is 0.410 e. The van der Waals surface area contributed by atoms with Crippen molar-refractivity contribution in [2.24, 2.45) is 0 Å². The van der Waals surface area contributed by atoms with Crippen molar-refractivity contribution in [3.8, 4) is 28.1 Å². The average molecular weight is 695 g/mol. The van der Waals surface area contributed by atoms with E-state index in [1.54, 1.807) is 62.2 Å². The molecule has 0 aliphatic carbocycles. The Bertz CT molecular complexity index is 1870. The zero-order valence-corrected chi connectivity index (χ0v) is 28.3. The lowest BCUT2D eigenvalue weighted by Crippen LogP contribution is -2.43. The van der Waals surface area contributed by atoms with Gasteiger partial charge in [-0.15, -0.1) is 0 Å². The maximum Gasteiger partial charge on any atom is 0.410 e. The number of anilines is 2. The summed E-state index contributed by atoms with van der Waals surface area (Å²) in [6, 6.07) is 14.6. The number of carbonyl (C=O) groups excluding carboxylic acids is 3. The van der Waals surface area contributed by atoms with Gasteiger partial charge in [0.2, 0.25) is 5.91 Å². The molecule has 2 N–H and O–H groups in total. The minimum Gasteiger partial charge on any atom is -0.496 e. The highest BCUT2D eigenvalue weighted by molar-refractivity contribution is 6.39. The Kier molecular flexibility index (Phi) is 10.5. The van der Waals surface area contributed by atoms with Crippen LogP contribution in [0.1, 0.15) is 49.7 Å². The molecule has 2 aromatic carbocycles. The molecule has 0 radical (unpaired) electrons. The molecule has 1 atom stereocenters. The lowest BCUT2D eigenvalue weighted by atomic mass is 10.0. The molecule has 2 amide bonds. The molecular formula is C35H34Cl2FN5O5. The van der Waals surface area contributed by atoms with E-state index in [2.05, 4.69) is 20.6 Å². The number of nitrogens with zero attached hydrogens (tertiary/aromatic N) is 3. The van der Waals surface area contributed by atoms with Gasteiger partial charge < -0.3 is 25.0 Å². The van der Waals surface area contributed by atoms with Crippen molar-refractivity contribution in [2.45, 2.75) is 51.8 Å². The third-order valence-electron chi connectivity index (χ3n) is 7.52. The summed E-state index contributed by atoms with van der Waals surface area (Å²) in [5.41, 5.74) is 2.66. The summed E-state index contributed by atoms with van der Waals surface area (Å²) in [5, 5.41) is 6.34. The van der Waals surface area contributed by atoms with E-state index in [4.69, 9.17) is 32.7 Å². The van der Waals surface area contributed by atoms with Gasteiger partial charge >= 0.3 is 6.09 Å². The van der Waals surface area contributed by atoms with Crippen molar-refractivity contribution in [1.29, 1.82) is 0 Å². The second-order valence-corrected chi connectivity index (χ2v) is 12.9. The van der Waals surface area contributed by atoms with Gasteiger partial charge in [0, 0.05) is 47.5 Å². The van der Waals surface area contributed by atoms with Crippen LogP contribution >= 0.6 is 23.2 Å². The molecule has 1 aliphatic heterocycles. The van der Waals surface area contributed by atoms with Gasteiger partial charge in [-0.1, -0.05) is 47.5 Å². The summed E-state index contributed by atoms with van der Waals surface area (Å²) in [5.74, 6) is -0.345. The summed E-state index contributed by atoms with van der Waals surface area (Å²) < 4.78 is 25.9. The molecule has 13 heteroatoms. The van der Waals surface area contributed by atoms with Crippen LogP contribution in [0.25, 0.3) is 22.4 Å². The van der Waals surface area contributed by atoms with E-state index < -0.39 is 17.5 Å². The van der Waals surface area contributed by atoms with Crippen LogP contribution in [0.15, 0.2) is 60.8 Å². The first-order chi connectivity index (χ1) is 22.9. The molecule has 48 heavy (non-hydrogen) atoms. The zero-order chi connectivity index (χ0) is 34.6. The number of pyridine rings is 2. The van der Waals surface area contributed by atoms with Crippen LogP contribution in [-0.2, 0) is 16.1 Å². The van der Waals surface area contributed by atoms with Crippen LogP contribution in [0.4, 0.5) is 20.7 Å². The van der Waals surface area contributed by atoms with Gasteiger partial charge in [0.1, 0.15) is 17.0 Å². The number of hydrogen-bond donors (Lipinski definition) is 2. The van der Waals surface area contributed by atoms with E-state index in [-0.39, 0.29) is 41.6 Å². The molecule has 0 saturated carbocycles. The van der Waals surface area contributed by atoms with Crippen LogP contribution < -0.4 is 15.4 Å². The molecular weight excluding hydrogens is 660 g/mol. The molecule has 2 aromatic heterocycles. The van der Waals surface area contributed by atoms with Crippen LogP contribution in [0.2, 0.25) is 10.0 Å². The number of halogens is 3. The fraction of sp³-hybridized carbons (Fsp3) is 0.286. The lowest BCUT2D eigenvalue weighted by molar-refractivity contribution is -0.119. The van der Waals surface area contributed by atoms with Crippen LogP contribution in [0.3, 0.4) is 0 Å². The molecule has 0 spiro atoms. The van der Waals surface area contributed by atoms with E-state index in [0.29, 0.717) is 63.5 Å². The number of benzene rings is 2. The highest BCUT2D eigenvalue weighted by Crippen LogP contribution is 2.42. The molecule has 1 aliphatic rings. The lowest BCUT2D eigenvalue weighted by Gasteiger charge is -2.29. The summed E-state index contributed by atoms with van der Waals surface area (Å²) in [7, 11) is 1.53. The topological polar surface area (TPSA) is 123 Å². The molecule has 4 aromatic rings. The minimum atomic E-state index is -0.706. The predicted octanol–water partition coefficient (Wildman–Crippen LogP) is 7.84. The van der Waals surface area contributed by atoms with Crippen molar-refractivity contribution < 1.29 is 28.2 Å². The fourth-order valence-electron chi connectivity index (χ4n) is 5.27. The first-order valence-corrected chi connectivity index (χ1v) is 15.9. The summed E-state index contributed by atoms with van der Waals surface area (Å²) in [6.07, 6.45) is 2.66. The first kappa shape index (κ1) is 34.6. The first-order valence-electron chi connectivity index (χ1n) is 15.1. The van der Waals surface area contributed by atoms with Gasteiger partial charge in [-0.05, 0) is 57.5 Å². The number of aromatic nitrogens is 2. The molecule has 10 nitrogen and oxygen atoms in total. The van der Waals surface area contributed by atoms with Gasteiger partial charge in [-0.2, -0.15) is 0 Å². The second-order valence-electron chi connectivity index (χ2n) is 12.2. The van der Waals surface area contributed by atoms with Gasteiger partial charge in [0.15, 0.2) is 17.9 Å². The van der Waals surface area contributed by atoms with Crippen LogP contribution in [0, 0.1) is 5.82 Å². The minimum absolute atomic E-state index is 0.0442. The standard InChI is InChI=1S/C35H34Cl2FN5O5/c1-35(2,3)48-34(46)43(18-22-11-13-29(45)40-22)17-21-9-8-20(16-28(21)47-4)32-31(37)25(14-15-39-32)24-6-5-7-27(30(24)36)42-33-26(38)12-10-23(19-44)41-33/h5-10,12,14-16,19,22H,11,13,17-18H2,1-4H3,(H,40,45)(H,41,42)/t22-/m0/s1. The van der Waals surface area contributed by atoms with E-state index in [0.717, 1.165) is 6.07 Å². The van der Waals surface area contributed by atoms with Crippen LogP contribution in [0.5, 0.6) is 5.75 Å². The van der Waals surface area contributed by atoms with E-state index in [1.165, 1.54) is 13.2 Å². The molecule has 0 bridgehead atoms. The average Bonchev–Trinajstić information content (AvgIpc) is 3.46. The Hall–Kier alpha value is -4.74. The molecule has 5 rings (SSSR count). The van der Waals surface area contributed by atoms with Gasteiger partial charge in [0.25, 0.3) is 0 Å². The van der Waals surface area contributed by atoms with Crippen molar-refractivity contribution in [2.75, 3.05) is 19.0 Å². The number of amides is 2. The molecule has 250 valence electrons.